The molecule has 1 aromatic heterocycles. The maximum absolute atomic E-state index is 12.4. The molecule has 19 heavy (non-hydrogen) atoms. The highest BCUT2D eigenvalue weighted by atomic mass is 32.1. The molecule has 0 spiro atoms. The number of fused-ring (bicyclic) bond motifs is 1. The number of carbonyl (C=O) groups excluding carboxylic acids is 1. The van der Waals surface area contributed by atoms with Gasteiger partial charge in [-0.05, 0) is 25.7 Å². The van der Waals surface area contributed by atoms with Gasteiger partial charge in [-0.15, -0.1) is 11.3 Å². The van der Waals surface area contributed by atoms with Crippen molar-refractivity contribution in [2.75, 3.05) is 13.1 Å². The summed E-state index contributed by atoms with van der Waals surface area (Å²) in [6.07, 6.45) is 4.15. The van der Waals surface area contributed by atoms with E-state index < -0.39 is 11.4 Å². The van der Waals surface area contributed by atoms with E-state index in [1.807, 2.05) is 6.92 Å². The number of aliphatic carboxylic acids is 1. The Kier molecular flexibility index (Phi) is 2.85. The summed E-state index contributed by atoms with van der Waals surface area (Å²) in [5, 5.41) is 10.4. The molecule has 2 heterocycles. The average molecular weight is 280 g/mol. The SMILES string of the molecule is Cc1ncc(C(=O)N2C[C@@H]3CCC[C@@]3(C(=O)O)C2)s1. The second-order valence-electron chi connectivity index (χ2n) is 5.48. The van der Waals surface area contributed by atoms with Crippen molar-refractivity contribution in [1.82, 2.24) is 9.88 Å². The summed E-state index contributed by atoms with van der Waals surface area (Å²) in [5.41, 5.74) is -0.699. The van der Waals surface area contributed by atoms with Crippen LogP contribution in [-0.4, -0.2) is 40.0 Å². The maximum atomic E-state index is 12.4. The van der Waals surface area contributed by atoms with Gasteiger partial charge in [-0.2, -0.15) is 0 Å². The van der Waals surface area contributed by atoms with Crippen LogP contribution in [0.3, 0.4) is 0 Å². The van der Waals surface area contributed by atoms with Gasteiger partial charge in [0.25, 0.3) is 5.91 Å². The number of aromatic nitrogens is 1. The predicted octanol–water partition coefficient (Wildman–Crippen LogP) is 1.78. The normalized spacial score (nSPS) is 29.5. The minimum atomic E-state index is -0.745. The molecule has 2 fully saturated rings. The van der Waals surface area contributed by atoms with E-state index in [2.05, 4.69) is 4.98 Å². The Morgan fingerprint density at radius 1 is 1.58 bits per heavy atom. The second-order valence-corrected chi connectivity index (χ2v) is 6.71. The van der Waals surface area contributed by atoms with Crippen LogP contribution in [0, 0.1) is 18.3 Å². The molecule has 1 aromatic rings. The van der Waals surface area contributed by atoms with Crippen molar-refractivity contribution < 1.29 is 14.7 Å². The van der Waals surface area contributed by atoms with Gasteiger partial charge in [0, 0.05) is 13.1 Å². The van der Waals surface area contributed by atoms with Crippen molar-refractivity contribution in [3.05, 3.63) is 16.1 Å². The van der Waals surface area contributed by atoms with Gasteiger partial charge in [0.05, 0.1) is 16.6 Å². The van der Waals surface area contributed by atoms with E-state index >= 15 is 0 Å². The molecule has 6 heteroatoms. The Balaban J connectivity index is 1.82. The molecule has 1 saturated carbocycles. The third-order valence-corrected chi connectivity index (χ3v) is 5.32. The zero-order chi connectivity index (χ0) is 13.6. The quantitative estimate of drug-likeness (QED) is 0.896. The Hall–Kier alpha value is -1.43. The lowest BCUT2D eigenvalue weighted by Crippen LogP contribution is -2.37. The van der Waals surface area contributed by atoms with E-state index in [0.29, 0.717) is 24.4 Å². The van der Waals surface area contributed by atoms with Gasteiger partial charge < -0.3 is 10.0 Å². The van der Waals surface area contributed by atoms with Crippen LogP contribution in [0.4, 0.5) is 0 Å². The third kappa shape index (κ3) is 1.85. The largest absolute Gasteiger partial charge is 0.481 e. The lowest BCUT2D eigenvalue weighted by molar-refractivity contribution is -0.149. The van der Waals surface area contributed by atoms with Crippen LogP contribution in [0.1, 0.15) is 33.9 Å². The molecule has 0 radical (unpaired) electrons. The Bertz CT molecular complexity index is 542. The first kappa shape index (κ1) is 12.6. The summed E-state index contributed by atoms with van der Waals surface area (Å²) in [7, 11) is 0. The molecule has 3 rings (SSSR count). The highest BCUT2D eigenvalue weighted by molar-refractivity contribution is 7.13. The second kappa shape index (κ2) is 4.30. The monoisotopic (exact) mass is 280 g/mol. The number of carbonyl (C=O) groups is 2. The summed E-state index contributed by atoms with van der Waals surface area (Å²) in [6, 6.07) is 0. The maximum Gasteiger partial charge on any atom is 0.311 e. The Morgan fingerprint density at radius 3 is 2.95 bits per heavy atom. The van der Waals surface area contributed by atoms with Crippen LogP contribution in [-0.2, 0) is 4.79 Å². The zero-order valence-electron chi connectivity index (χ0n) is 10.8. The highest BCUT2D eigenvalue weighted by Crippen LogP contribution is 2.49. The minimum absolute atomic E-state index is 0.0689. The first-order valence-electron chi connectivity index (χ1n) is 6.48. The van der Waals surface area contributed by atoms with Gasteiger partial charge >= 0.3 is 5.97 Å². The van der Waals surface area contributed by atoms with Crippen molar-refractivity contribution >= 4 is 23.2 Å². The van der Waals surface area contributed by atoms with Gasteiger partial charge in [-0.3, -0.25) is 9.59 Å². The zero-order valence-corrected chi connectivity index (χ0v) is 11.6. The van der Waals surface area contributed by atoms with E-state index in [0.717, 1.165) is 17.8 Å². The van der Waals surface area contributed by atoms with E-state index in [1.165, 1.54) is 11.3 Å². The van der Waals surface area contributed by atoms with Crippen molar-refractivity contribution in [3.63, 3.8) is 0 Å². The lowest BCUT2D eigenvalue weighted by atomic mass is 9.81. The summed E-state index contributed by atoms with van der Waals surface area (Å²) >= 11 is 1.37. The third-order valence-electron chi connectivity index (χ3n) is 4.42. The number of aryl methyl sites for hydroxylation is 1. The van der Waals surface area contributed by atoms with Crippen LogP contribution in [0.2, 0.25) is 0 Å². The van der Waals surface area contributed by atoms with Crippen molar-refractivity contribution in [1.29, 1.82) is 0 Å². The number of hydrogen-bond donors (Lipinski definition) is 1. The van der Waals surface area contributed by atoms with Crippen molar-refractivity contribution in [3.8, 4) is 0 Å². The van der Waals surface area contributed by atoms with Crippen LogP contribution >= 0.6 is 11.3 Å². The molecule has 1 N–H and O–H groups in total. The number of hydrogen-bond acceptors (Lipinski definition) is 4. The fraction of sp³-hybridized carbons (Fsp3) is 0.615. The molecule has 1 aliphatic carbocycles. The molecule has 2 aliphatic rings. The van der Waals surface area contributed by atoms with Crippen LogP contribution in [0.25, 0.3) is 0 Å². The molecular formula is C13H16N2O3S. The molecule has 0 bridgehead atoms. The Morgan fingerprint density at radius 2 is 2.37 bits per heavy atom. The number of nitrogens with zero attached hydrogens (tertiary/aromatic N) is 2. The molecule has 1 aliphatic heterocycles. The number of thiazole rings is 1. The fourth-order valence-electron chi connectivity index (χ4n) is 3.41. The molecule has 0 aromatic carbocycles. The highest BCUT2D eigenvalue weighted by Gasteiger charge is 2.55. The van der Waals surface area contributed by atoms with E-state index in [1.54, 1.807) is 11.1 Å². The lowest BCUT2D eigenvalue weighted by Gasteiger charge is -2.23. The van der Waals surface area contributed by atoms with Crippen LogP contribution < -0.4 is 0 Å². The van der Waals surface area contributed by atoms with Crippen molar-refractivity contribution in [2.24, 2.45) is 11.3 Å². The number of amides is 1. The molecule has 0 unspecified atom stereocenters. The fourth-order valence-corrected chi connectivity index (χ4v) is 4.16. The van der Waals surface area contributed by atoms with Crippen molar-refractivity contribution in [2.45, 2.75) is 26.2 Å². The summed E-state index contributed by atoms with van der Waals surface area (Å²) in [4.78, 5) is 30.3. The minimum Gasteiger partial charge on any atom is -0.481 e. The van der Waals surface area contributed by atoms with Gasteiger partial charge in [-0.25, -0.2) is 4.98 Å². The number of likely N-dealkylation sites (tertiary alicyclic amines) is 1. The predicted molar refractivity (Wildman–Crippen MR) is 70.2 cm³/mol. The van der Waals surface area contributed by atoms with E-state index in [9.17, 15) is 14.7 Å². The molecule has 1 saturated heterocycles. The summed E-state index contributed by atoms with van der Waals surface area (Å²) < 4.78 is 0. The molecular weight excluding hydrogens is 264 g/mol. The molecule has 102 valence electrons. The van der Waals surface area contributed by atoms with Crippen LogP contribution in [0.15, 0.2) is 6.20 Å². The number of carboxylic acid groups (broad SMARTS) is 1. The standard InChI is InChI=1S/C13H16N2O3S/c1-8-14-5-10(19-8)11(16)15-6-9-3-2-4-13(9,7-15)12(17)18/h5,9H,2-4,6-7H2,1H3,(H,17,18)/t9-,13+/m0/s1. The average Bonchev–Trinajstić information content (AvgIpc) is 3.00. The smallest absolute Gasteiger partial charge is 0.311 e. The van der Waals surface area contributed by atoms with Gasteiger partial charge in [0.1, 0.15) is 4.88 Å². The van der Waals surface area contributed by atoms with E-state index in [-0.39, 0.29) is 11.8 Å². The Labute approximate surface area is 115 Å². The number of carboxylic acids is 1. The first-order valence-corrected chi connectivity index (χ1v) is 7.30. The van der Waals surface area contributed by atoms with Gasteiger partial charge in [0.2, 0.25) is 0 Å². The summed E-state index contributed by atoms with van der Waals surface area (Å²) in [5.74, 6) is -0.700. The molecule has 2 atom stereocenters. The topological polar surface area (TPSA) is 70.5 Å². The van der Waals surface area contributed by atoms with Gasteiger partial charge in [0.15, 0.2) is 0 Å². The molecule has 5 nitrogen and oxygen atoms in total. The van der Waals surface area contributed by atoms with Gasteiger partial charge in [-0.1, -0.05) is 6.42 Å². The van der Waals surface area contributed by atoms with E-state index in [4.69, 9.17) is 0 Å². The molecule has 1 amide bonds. The first-order chi connectivity index (χ1) is 9.03. The summed E-state index contributed by atoms with van der Waals surface area (Å²) in [6.45, 7) is 2.78. The number of rotatable bonds is 2. The van der Waals surface area contributed by atoms with Crippen LogP contribution in [0.5, 0.6) is 0 Å².